The molecule has 0 radical (unpaired) electrons. The Kier molecular flexibility index (Phi) is 1.83. The molecule has 2 aliphatic rings. The monoisotopic (exact) mass is 191 g/mol. The van der Waals surface area contributed by atoms with E-state index in [0.717, 1.165) is 18.4 Å². The van der Waals surface area contributed by atoms with E-state index in [1.807, 2.05) is 0 Å². The Morgan fingerprint density at radius 1 is 1.14 bits per heavy atom. The van der Waals surface area contributed by atoms with Crippen LogP contribution in [0.1, 0.15) is 23.0 Å². The van der Waals surface area contributed by atoms with Gasteiger partial charge < -0.3 is 15.2 Å². The first-order valence-corrected chi connectivity index (χ1v) is 4.93. The zero-order chi connectivity index (χ0) is 9.54. The van der Waals surface area contributed by atoms with E-state index >= 15 is 0 Å². The summed E-state index contributed by atoms with van der Waals surface area (Å²) in [6, 6.07) is 6.67. The van der Waals surface area contributed by atoms with Gasteiger partial charge in [-0.05, 0) is 24.0 Å². The molecule has 1 aliphatic heterocycles. The molecule has 1 atom stereocenters. The average Bonchev–Trinajstić information content (AvgIpc) is 2.40. The molecule has 1 unspecified atom stereocenters. The highest BCUT2D eigenvalue weighted by Crippen LogP contribution is 2.30. The van der Waals surface area contributed by atoms with Gasteiger partial charge in [0, 0.05) is 11.6 Å². The minimum atomic E-state index is -0.142. The zero-order valence-corrected chi connectivity index (χ0v) is 7.90. The van der Waals surface area contributed by atoms with Crippen molar-refractivity contribution in [3.63, 3.8) is 0 Å². The third kappa shape index (κ3) is 1.25. The normalized spacial score (nSPS) is 25.9. The number of benzene rings is 1. The minimum Gasteiger partial charge on any atom is -0.327 e. The van der Waals surface area contributed by atoms with Gasteiger partial charge in [0.1, 0.15) is 0 Å². The first-order valence-electron chi connectivity index (χ1n) is 4.93. The quantitative estimate of drug-likeness (QED) is 0.723. The van der Waals surface area contributed by atoms with Crippen molar-refractivity contribution in [1.82, 2.24) is 0 Å². The Labute approximate surface area is 82.8 Å². The van der Waals surface area contributed by atoms with E-state index in [2.05, 4.69) is 18.2 Å². The van der Waals surface area contributed by atoms with Crippen LogP contribution in [0.3, 0.4) is 0 Å². The number of ether oxygens (including phenoxy) is 2. The van der Waals surface area contributed by atoms with Crippen molar-refractivity contribution in [2.24, 2.45) is 5.73 Å². The van der Waals surface area contributed by atoms with Gasteiger partial charge >= 0.3 is 0 Å². The standard InChI is InChI=1S/C11H13NO2/c12-10-4-7-1-2-8(3-9(7)5-10)11-13-6-14-11/h1-3,10-11H,4-6,12H2. The summed E-state index contributed by atoms with van der Waals surface area (Å²) in [5.41, 5.74) is 9.74. The minimum absolute atomic E-state index is 0.142. The van der Waals surface area contributed by atoms with E-state index in [-0.39, 0.29) is 6.29 Å². The maximum absolute atomic E-state index is 5.90. The van der Waals surface area contributed by atoms with Crippen LogP contribution in [0, 0.1) is 0 Å². The molecule has 1 heterocycles. The van der Waals surface area contributed by atoms with Gasteiger partial charge in [0.05, 0.1) is 0 Å². The fourth-order valence-electron chi connectivity index (χ4n) is 2.15. The third-order valence-corrected chi connectivity index (χ3v) is 2.91. The van der Waals surface area contributed by atoms with Crippen molar-refractivity contribution in [3.05, 3.63) is 34.9 Å². The summed E-state index contributed by atoms with van der Waals surface area (Å²) < 4.78 is 10.5. The van der Waals surface area contributed by atoms with Crippen LogP contribution >= 0.6 is 0 Å². The van der Waals surface area contributed by atoms with Crippen LogP contribution in [0.2, 0.25) is 0 Å². The Morgan fingerprint density at radius 3 is 2.64 bits per heavy atom. The first-order chi connectivity index (χ1) is 6.83. The van der Waals surface area contributed by atoms with Gasteiger partial charge in [0.15, 0.2) is 13.1 Å². The number of fused-ring (bicyclic) bond motifs is 1. The van der Waals surface area contributed by atoms with Gasteiger partial charge in [0.2, 0.25) is 0 Å². The highest BCUT2D eigenvalue weighted by atomic mass is 16.8. The lowest BCUT2D eigenvalue weighted by Crippen LogP contribution is -2.22. The molecule has 1 fully saturated rings. The summed E-state index contributed by atoms with van der Waals surface area (Å²) in [6.07, 6.45) is 1.84. The van der Waals surface area contributed by atoms with Crippen molar-refractivity contribution in [2.45, 2.75) is 25.2 Å². The lowest BCUT2D eigenvalue weighted by atomic mass is 10.1. The van der Waals surface area contributed by atoms with E-state index in [4.69, 9.17) is 15.2 Å². The molecule has 0 saturated carbocycles. The van der Waals surface area contributed by atoms with Gasteiger partial charge in [-0.15, -0.1) is 0 Å². The highest BCUT2D eigenvalue weighted by molar-refractivity contribution is 5.37. The number of hydrogen-bond acceptors (Lipinski definition) is 3. The van der Waals surface area contributed by atoms with E-state index in [0.29, 0.717) is 12.8 Å². The summed E-state index contributed by atoms with van der Waals surface area (Å²) in [4.78, 5) is 0. The van der Waals surface area contributed by atoms with E-state index in [1.54, 1.807) is 0 Å². The van der Waals surface area contributed by atoms with Gasteiger partial charge in [-0.25, -0.2) is 0 Å². The van der Waals surface area contributed by atoms with E-state index in [9.17, 15) is 0 Å². The Balaban J connectivity index is 1.91. The number of nitrogens with two attached hydrogens (primary N) is 1. The molecule has 0 spiro atoms. The van der Waals surface area contributed by atoms with E-state index in [1.165, 1.54) is 11.1 Å². The first kappa shape index (κ1) is 8.41. The molecule has 1 aromatic carbocycles. The van der Waals surface area contributed by atoms with E-state index < -0.39 is 0 Å². The third-order valence-electron chi connectivity index (χ3n) is 2.91. The van der Waals surface area contributed by atoms with Crippen LogP contribution < -0.4 is 5.73 Å². The molecule has 0 amide bonds. The Hall–Kier alpha value is -0.900. The summed E-state index contributed by atoms with van der Waals surface area (Å²) >= 11 is 0. The van der Waals surface area contributed by atoms with Crippen molar-refractivity contribution in [3.8, 4) is 0 Å². The predicted octanol–water partition coefficient (Wildman–Crippen LogP) is 1.12. The fourth-order valence-corrected chi connectivity index (χ4v) is 2.15. The van der Waals surface area contributed by atoms with Crippen LogP contribution in [-0.2, 0) is 22.3 Å². The summed E-state index contributed by atoms with van der Waals surface area (Å²) in [6.45, 7) is 0.418. The molecule has 3 nitrogen and oxygen atoms in total. The molecule has 1 saturated heterocycles. The van der Waals surface area contributed by atoms with Crippen molar-refractivity contribution in [2.75, 3.05) is 6.79 Å². The van der Waals surface area contributed by atoms with Gasteiger partial charge in [-0.3, -0.25) is 0 Å². The Morgan fingerprint density at radius 2 is 1.93 bits per heavy atom. The van der Waals surface area contributed by atoms with Crippen LogP contribution in [-0.4, -0.2) is 12.8 Å². The smallest absolute Gasteiger partial charge is 0.189 e. The second kappa shape index (κ2) is 3.05. The van der Waals surface area contributed by atoms with Gasteiger partial charge in [-0.1, -0.05) is 18.2 Å². The molecule has 3 rings (SSSR count). The van der Waals surface area contributed by atoms with Crippen LogP contribution in [0.15, 0.2) is 18.2 Å². The van der Waals surface area contributed by atoms with Crippen molar-refractivity contribution in [1.29, 1.82) is 0 Å². The molecule has 0 aromatic heterocycles. The number of rotatable bonds is 1. The predicted molar refractivity (Wildman–Crippen MR) is 51.6 cm³/mol. The molecular weight excluding hydrogens is 178 g/mol. The maximum atomic E-state index is 5.90. The fraction of sp³-hybridized carbons (Fsp3) is 0.455. The van der Waals surface area contributed by atoms with Gasteiger partial charge in [0.25, 0.3) is 0 Å². The molecule has 14 heavy (non-hydrogen) atoms. The SMILES string of the molecule is NC1Cc2ccc(C3OCO3)cc2C1. The Bertz CT molecular complexity index is 360. The maximum Gasteiger partial charge on any atom is 0.189 e. The summed E-state index contributed by atoms with van der Waals surface area (Å²) in [5.74, 6) is 0. The van der Waals surface area contributed by atoms with Gasteiger partial charge in [-0.2, -0.15) is 0 Å². The van der Waals surface area contributed by atoms with Crippen LogP contribution in [0.4, 0.5) is 0 Å². The molecule has 1 aromatic rings. The van der Waals surface area contributed by atoms with Crippen LogP contribution in [0.25, 0.3) is 0 Å². The molecular formula is C11H13NO2. The number of hydrogen-bond donors (Lipinski definition) is 1. The van der Waals surface area contributed by atoms with Crippen molar-refractivity contribution < 1.29 is 9.47 Å². The van der Waals surface area contributed by atoms with Crippen molar-refractivity contribution >= 4 is 0 Å². The zero-order valence-electron chi connectivity index (χ0n) is 7.90. The molecule has 3 heteroatoms. The topological polar surface area (TPSA) is 44.5 Å². The average molecular weight is 191 g/mol. The lowest BCUT2D eigenvalue weighted by Gasteiger charge is -2.27. The second-order valence-corrected chi connectivity index (χ2v) is 3.98. The summed E-state index contributed by atoms with van der Waals surface area (Å²) in [5, 5.41) is 0. The highest BCUT2D eigenvalue weighted by Gasteiger charge is 2.24. The largest absolute Gasteiger partial charge is 0.327 e. The molecule has 1 aliphatic carbocycles. The molecule has 2 N–H and O–H groups in total. The second-order valence-electron chi connectivity index (χ2n) is 3.98. The lowest BCUT2D eigenvalue weighted by molar-refractivity contribution is -0.326. The summed E-state index contributed by atoms with van der Waals surface area (Å²) in [7, 11) is 0. The van der Waals surface area contributed by atoms with Crippen LogP contribution in [0.5, 0.6) is 0 Å². The molecule has 74 valence electrons. The molecule has 0 bridgehead atoms.